The van der Waals surface area contributed by atoms with Crippen molar-refractivity contribution in [2.24, 2.45) is 0 Å². The maximum Gasteiger partial charge on any atom is 0.309 e. The second kappa shape index (κ2) is 8.36. The van der Waals surface area contributed by atoms with Crippen molar-refractivity contribution in [3.05, 3.63) is 62.1 Å². The number of aromatic nitrogens is 5. The lowest BCUT2D eigenvalue weighted by atomic mass is 10.2. The minimum Gasteiger partial charge on any atom is -0.293 e. The Labute approximate surface area is 169 Å². The molecule has 0 saturated carbocycles. The summed E-state index contributed by atoms with van der Waals surface area (Å²) in [5.74, 6) is -0.182. The van der Waals surface area contributed by atoms with Crippen molar-refractivity contribution in [1.29, 1.82) is 0 Å². The van der Waals surface area contributed by atoms with Crippen molar-refractivity contribution in [2.75, 3.05) is 5.32 Å². The van der Waals surface area contributed by atoms with E-state index in [0.717, 1.165) is 5.56 Å². The molecule has 2 aromatic heterocycles. The molecule has 0 fully saturated rings. The van der Waals surface area contributed by atoms with Crippen LogP contribution in [0.2, 0.25) is 10.0 Å². The predicted molar refractivity (Wildman–Crippen MR) is 102 cm³/mol. The van der Waals surface area contributed by atoms with E-state index in [4.69, 9.17) is 23.2 Å². The van der Waals surface area contributed by atoms with Gasteiger partial charge in [0.15, 0.2) is 0 Å². The Kier molecular flexibility index (Phi) is 5.90. The van der Waals surface area contributed by atoms with Gasteiger partial charge < -0.3 is 0 Å². The highest BCUT2D eigenvalue weighted by Crippen LogP contribution is 2.21. The van der Waals surface area contributed by atoms with Gasteiger partial charge in [0.1, 0.15) is 18.2 Å². The highest BCUT2D eigenvalue weighted by Gasteiger charge is 2.17. The molecule has 2 heterocycles. The van der Waals surface area contributed by atoms with Crippen LogP contribution in [0.25, 0.3) is 0 Å². The second-order valence-corrected chi connectivity index (χ2v) is 6.74. The molecular formula is C16H15Cl2N7O3. The van der Waals surface area contributed by atoms with Crippen LogP contribution in [0.15, 0.2) is 30.7 Å². The first-order valence-corrected chi connectivity index (χ1v) is 8.89. The third kappa shape index (κ3) is 4.65. The fourth-order valence-corrected chi connectivity index (χ4v) is 2.96. The van der Waals surface area contributed by atoms with Crippen LogP contribution in [-0.2, 0) is 17.9 Å². The fraction of sp³-hybridized carbons (Fsp3) is 0.250. The fourth-order valence-electron chi connectivity index (χ4n) is 2.49. The van der Waals surface area contributed by atoms with Crippen molar-refractivity contribution in [1.82, 2.24) is 24.5 Å². The lowest BCUT2D eigenvalue weighted by molar-refractivity contribution is -0.385. The van der Waals surface area contributed by atoms with Gasteiger partial charge in [-0.05, 0) is 24.6 Å². The molecule has 1 aromatic carbocycles. The molecule has 3 aromatic rings. The van der Waals surface area contributed by atoms with E-state index in [1.54, 1.807) is 25.1 Å². The molecular weight excluding hydrogens is 409 g/mol. The quantitative estimate of drug-likeness (QED) is 0.460. The first-order chi connectivity index (χ1) is 13.3. The number of hydrogen-bond donors (Lipinski definition) is 1. The average molecular weight is 424 g/mol. The molecule has 0 spiro atoms. The van der Waals surface area contributed by atoms with Crippen LogP contribution in [-0.4, -0.2) is 35.4 Å². The van der Waals surface area contributed by atoms with Gasteiger partial charge in [0.05, 0.1) is 18.0 Å². The second-order valence-electron chi connectivity index (χ2n) is 5.90. The zero-order valence-corrected chi connectivity index (χ0v) is 16.2. The lowest BCUT2D eigenvalue weighted by Crippen LogP contribution is -2.16. The summed E-state index contributed by atoms with van der Waals surface area (Å²) in [6.45, 7) is 2.15. The van der Waals surface area contributed by atoms with Gasteiger partial charge in [-0.2, -0.15) is 5.10 Å². The van der Waals surface area contributed by atoms with E-state index < -0.39 is 4.92 Å². The molecule has 28 heavy (non-hydrogen) atoms. The number of nitrogens with one attached hydrogen (secondary N) is 1. The number of carbonyl (C=O) groups is 1. The molecule has 12 heteroatoms. The zero-order valence-electron chi connectivity index (χ0n) is 14.7. The van der Waals surface area contributed by atoms with Gasteiger partial charge in [-0.3, -0.25) is 24.9 Å². The number of benzene rings is 1. The summed E-state index contributed by atoms with van der Waals surface area (Å²) < 4.78 is 2.94. The van der Waals surface area contributed by atoms with Crippen LogP contribution < -0.4 is 5.32 Å². The molecule has 0 saturated heterocycles. The SMILES string of the molecule is Cc1c([N+](=O)[O-])cnn1CCC(=O)Nc1ncn(Cc2ccc(Cl)cc2Cl)n1. The summed E-state index contributed by atoms with van der Waals surface area (Å²) in [5, 5.41) is 22.6. The predicted octanol–water partition coefficient (Wildman–Crippen LogP) is 3.08. The molecule has 1 N–H and O–H groups in total. The summed E-state index contributed by atoms with van der Waals surface area (Å²) in [6, 6.07) is 5.15. The summed E-state index contributed by atoms with van der Waals surface area (Å²) in [7, 11) is 0. The number of aryl methyl sites for hydroxylation is 1. The summed E-state index contributed by atoms with van der Waals surface area (Å²) in [4.78, 5) is 26.4. The Morgan fingerprint density at radius 3 is 2.82 bits per heavy atom. The Hall–Kier alpha value is -2.98. The van der Waals surface area contributed by atoms with Crippen molar-refractivity contribution in [3.8, 4) is 0 Å². The zero-order chi connectivity index (χ0) is 20.3. The smallest absolute Gasteiger partial charge is 0.293 e. The van der Waals surface area contributed by atoms with Gasteiger partial charge in [0.25, 0.3) is 0 Å². The van der Waals surface area contributed by atoms with E-state index in [2.05, 4.69) is 20.5 Å². The minimum atomic E-state index is -0.512. The molecule has 146 valence electrons. The van der Waals surface area contributed by atoms with Gasteiger partial charge in [0, 0.05) is 16.5 Å². The van der Waals surface area contributed by atoms with Crippen LogP contribution in [0.5, 0.6) is 0 Å². The van der Waals surface area contributed by atoms with E-state index in [1.807, 2.05) is 0 Å². The molecule has 0 atom stereocenters. The molecule has 0 aliphatic heterocycles. The number of halogens is 2. The number of nitrogens with zero attached hydrogens (tertiary/aromatic N) is 6. The van der Waals surface area contributed by atoms with Gasteiger partial charge >= 0.3 is 5.69 Å². The topological polar surface area (TPSA) is 121 Å². The molecule has 10 nitrogen and oxygen atoms in total. The number of anilines is 1. The van der Waals surface area contributed by atoms with Crippen molar-refractivity contribution >= 4 is 40.7 Å². The Bertz CT molecular complexity index is 1030. The van der Waals surface area contributed by atoms with E-state index in [-0.39, 0.29) is 30.5 Å². The van der Waals surface area contributed by atoms with Crippen LogP contribution in [0.1, 0.15) is 17.7 Å². The summed E-state index contributed by atoms with van der Waals surface area (Å²) in [6.07, 6.45) is 2.71. The largest absolute Gasteiger partial charge is 0.309 e. The van der Waals surface area contributed by atoms with Crippen molar-refractivity contribution in [3.63, 3.8) is 0 Å². The number of nitro groups is 1. The van der Waals surface area contributed by atoms with E-state index in [0.29, 0.717) is 22.3 Å². The molecule has 3 rings (SSSR count). The first-order valence-electron chi connectivity index (χ1n) is 8.13. The van der Waals surface area contributed by atoms with Crippen LogP contribution in [0.4, 0.5) is 11.6 Å². The molecule has 0 aliphatic rings. The number of carbonyl (C=O) groups excluding carboxylic acids is 1. The van der Waals surface area contributed by atoms with Crippen LogP contribution >= 0.6 is 23.2 Å². The van der Waals surface area contributed by atoms with Gasteiger partial charge in [-0.25, -0.2) is 9.67 Å². The number of rotatable bonds is 7. The molecule has 0 radical (unpaired) electrons. The van der Waals surface area contributed by atoms with Crippen molar-refractivity contribution < 1.29 is 9.72 Å². The van der Waals surface area contributed by atoms with E-state index in [1.165, 1.54) is 21.9 Å². The minimum absolute atomic E-state index is 0.0667. The van der Waals surface area contributed by atoms with E-state index >= 15 is 0 Å². The third-order valence-corrected chi connectivity index (χ3v) is 4.55. The monoisotopic (exact) mass is 423 g/mol. The van der Waals surface area contributed by atoms with Gasteiger partial charge in [0.2, 0.25) is 11.9 Å². The van der Waals surface area contributed by atoms with Gasteiger partial charge in [-0.1, -0.05) is 29.3 Å². The Balaban J connectivity index is 1.56. The maximum absolute atomic E-state index is 12.1. The molecule has 0 aliphatic carbocycles. The highest BCUT2D eigenvalue weighted by molar-refractivity contribution is 6.35. The highest BCUT2D eigenvalue weighted by atomic mass is 35.5. The van der Waals surface area contributed by atoms with Crippen LogP contribution in [0.3, 0.4) is 0 Å². The summed E-state index contributed by atoms with van der Waals surface area (Å²) in [5.41, 5.74) is 1.12. The van der Waals surface area contributed by atoms with Gasteiger partial charge in [-0.15, -0.1) is 5.10 Å². The Morgan fingerprint density at radius 2 is 2.14 bits per heavy atom. The first kappa shape index (κ1) is 19.8. The summed E-state index contributed by atoms with van der Waals surface area (Å²) >= 11 is 12.0. The standard InChI is InChI=1S/C16H15Cl2N7O3/c1-10-14(25(27)28)7-20-24(10)5-4-15(26)21-16-19-9-23(22-16)8-11-2-3-12(17)6-13(11)18/h2-3,6-7,9H,4-5,8H2,1H3,(H,21,22,26). The van der Waals surface area contributed by atoms with E-state index in [9.17, 15) is 14.9 Å². The third-order valence-electron chi connectivity index (χ3n) is 3.96. The normalized spacial score (nSPS) is 10.8. The number of hydrogen-bond acceptors (Lipinski definition) is 6. The number of amides is 1. The molecule has 1 amide bonds. The maximum atomic E-state index is 12.1. The Morgan fingerprint density at radius 1 is 1.36 bits per heavy atom. The molecule has 0 bridgehead atoms. The lowest BCUT2D eigenvalue weighted by Gasteiger charge is -2.05. The van der Waals surface area contributed by atoms with Crippen LogP contribution in [0, 0.1) is 17.0 Å². The van der Waals surface area contributed by atoms with Crippen molar-refractivity contribution in [2.45, 2.75) is 26.4 Å². The molecule has 0 unspecified atom stereocenters. The average Bonchev–Trinajstić information content (AvgIpc) is 3.22.